The van der Waals surface area contributed by atoms with Gasteiger partial charge in [0.2, 0.25) is 5.91 Å². The van der Waals surface area contributed by atoms with Gasteiger partial charge in [0.15, 0.2) is 0 Å². The third kappa shape index (κ3) is 2.69. The molecule has 0 aliphatic heterocycles. The molecule has 88 valence electrons. The molecule has 1 fully saturated rings. The predicted molar refractivity (Wildman–Crippen MR) is 59.4 cm³/mol. The van der Waals surface area contributed by atoms with Gasteiger partial charge in [-0.2, -0.15) is 0 Å². The van der Waals surface area contributed by atoms with E-state index in [0.29, 0.717) is 19.7 Å². The Morgan fingerprint density at radius 2 is 2.13 bits per heavy atom. The van der Waals surface area contributed by atoms with Crippen molar-refractivity contribution in [3.05, 3.63) is 0 Å². The maximum atomic E-state index is 12.2. The standard InChI is InChI=1S/C11H22N2O2/c1-9(2)13(6-7-15-3)10(14)11(8-12)4-5-11/h9H,4-8,12H2,1-3H3. The van der Waals surface area contributed by atoms with Gasteiger partial charge >= 0.3 is 0 Å². The third-order valence-electron chi connectivity index (χ3n) is 3.12. The van der Waals surface area contributed by atoms with Gasteiger partial charge in [0.05, 0.1) is 12.0 Å². The van der Waals surface area contributed by atoms with Gasteiger partial charge in [-0.25, -0.2) is 0 Å². The third-order valence-corrected chi connectivity index (χ3v) is 3.12. The summed E-state index contributed by atoms with van der Waals surface area (Å²) in [5.41, 5.74) is 5.42. The van der Waals surface area contributed by atoms with Gasteiger partial charge in [0.25, 0.3) is 0 Å². The number of nitrogens with two attached hydrogens (primary N) is 1. The lowest BCUT2D eigenvalue weighted by atomic mass is 10.0. The average molecular weight is 214 g/mol. The summed E-state index contributed by atoms with van der Waals surface area (Å²) >= 11 is 0. The number of rotatable bonds is 6. The van der Waals surface area contributed by atoms with Crippen molar-refractivity contribution in [1.82, 2.24) is 4.90 Å². The van der Waals surface area contributed by atoms with Crippen LogP contribution in [0.2, 0.25) is 0 Å². The zero-order chi connectivity index (χ0) is 11.5. The summed E-state index contributed by atoms with van der Waals surface area (Å²) in [5, 5.41) is 0. The zero-order valence-electron chi connectivity index (χ0n) is 9.95. The predicted octanol–water partition coefficient (Wildman–Crippen LogP) is 0.609. The largest absolute Gasteiger partial charge is 0.383 e. The molecule has 1 aliphatic rings. The minimum Gasteiger partial charge on any atom is -0.383 e. The van der Waals surface area contributed by atoms with Gasteiger partial charge in [0.1, 0.15) is 0 Å². The van der Waals surface area contributed by atoms with E-state index in [1.807, 2.05) is 18.7 Å². The monoisotopic (exact) mass is 214 g/mol. The molecule has 4 nitrogen and oxygen atoms in total. The number of hydrogen-bond donors (Lipinski definition) is 1. The summed E-state index contributed by atoms with van der Waals surface area (Å²) in [4.78, 5) is 14.1. The first-order valence-electron chi connectivity index (χ1n) is 5.57. The summed E-state index contributed by atoms with van der Waals surface area (Å²) in [7, 11) is 1.65. The highest BCUT2D eigenvalue weighted by Gasteiger charge is 2.50. The topological polar surface area (TPSA) is 55.6 Å². The van der Waals surface area contributed by atoms with Crippen molar-refractivity contribution in [1.29, 1.82) is 0 Å². The Morgan fingerprint density at radius 3 is 2.47 bits per heavy atom. The molecule has 0 radical (unpaired) electrons. The second-order valence-corrected chi connectivity index (χ2v) is 4.57. The molecule has 0 atom stereocenters. The Morgan fingerprint density at radius 1 is 1.53 bits per heavy atom. The van der Waals surface area contributed by atoms with Gasteiger partial charge in [-0.1, -0.05) is 0 Å². The minimum absolute atomic E-state index is 0.206. The van der Waals surface area contributed by atoms with Crippen molar-refractivity contribution in [2.45, 2.75) is 32.7 Å². The molecule has 1 amide bonds. The van der Waals surface area contributed by atoms with Crippen LogP contribution < -0.4 is 5.73 Å². The van der Waals surface area contributed by atoms with Crippen molar-refractivity contribution in [2.75, 3.05) is 26.8 Å². The molecular weight excluding hydrogens is 192 g/mol. The quantitative estimate of drug-likeness (QED) is 0.704. The fourth-order valence-electron chi connectivity index (χ4n) is 1.74. The Kier molecular flexibility index (Phi) is 4.11. The SMILES string of the molecule is COCCN(C(=O)C1(CN)CC1)C(C)C. The van der Waals surface area contributed by atoms with Crippen LogP contribution in [0.25, 0.3) is 0 Å². The van der Waals surface area contributed by atoms with Crippen molar-refractivity contribution in [3.63, 3.8) is 0 Å². The number of methoxy groups -OCH3 is 1. The molecule has 0 unspecified atom stereocenters. The highest BCUT2D eigenvalue weighted by molar-refractivity contribution is 5.85. The Hall–Kier alpha value is -0.610. The summed E-state index contributed by atoms with van der Waals surface area (Å²) < 4.78 is 5.01. The zero-order valence-corrected chi connectivity index (χ0v) is 9.95. The van der Waals surface area contributed by atoms with E-state index in [1.54, 1.807) is 7.11 Å². The first-order valence-corrected chi connectivity index (χ1v) is 5.57. The number of amides is 1. The molecule has 1 saturated carbocycles. The lowest BCUT2D eigenvalue weighted by molar-refractivity contribution is -0.139. The Bertz CT molecular complexity index is 225. The molecule has 0 aromatic carbocycles. The van der Waals surface area contributed by atoms with Crippen LogP contribution in [0.1, 0.15) is 26.7 Å². The first-order chi connectivity index (χ1) is 7.07. The van der Waals surface area contributed by atoms with E-state index < -0.39 is 0 Å². The Balaban J connectivity index is 2.59. The second-order valence-electron chi connectivity index (χ2n) is 4.57. The van der Waals surface area contributed by atoms with Crippen LogP contribution in [0.5, 0.6) is 0 Å². The molecule has 2 N–H and O–H groups in total. The van der Waals surface area contributed by atoms with Gasteiger partial charge in [-0.15, -0.1) is 0 Å². The van der Waals surface area contributed by atoms with Crippen molar-refractivity contribution >= 4 is 5.91 Å². The van der Waals surface area contributed by atoms with Crippen LogP contribution in [-0.2, 0) is 9.53 Å². The van der Waals surface area contributed by atoms with Crippen LogP contribution in [-0.4, -0.2) is 43.7 Å². The molecule has 0 bridgehead atoms. The van der Waals surface area contributed by atoms with E-state index >= 15 is 0 Å². The van der Waals surface area contributed by atoms with E-state index in [-0.39, 0.29) is 17.4 Å². The summed E-state index contributed by atoms with van der Waals surface area (Å²) in [5.74, 6) is 0.206. The second kappa shape index (κ2) is 4.94. The lowest BCUT2D eigenvalue weighted by Gasteiger charge is -2.30. The van der Waals surface area contributed by atoms with Crippen LogP contribution in [0.3, 0.4) is 0 Å². The normalized spacial score (nSPS) is 17.9. The van der Waals surface area contributed by atoms with E-state index in [9.17, 15) is 4.79 Å². The van der Waals surface area contributed by atoms with Crippen molar-refractivity contribution < 1.29 is 9.53 Å². The van der Waals surface area contributed by atoms with Crippen LogP contribution in [0, 0.1) is 5.41 Å². The van der Waals surface area contributed by atoms with Crippen LogP contribution >= 0.6 is 0 Å². The smallest absolute Gasteiger partial charge is 0.230 e. The van der Waals surface area contributed by atoms with E-state index in [0.717, 1.165) is 12.8 Å². The fourth-order valence-corrected chi connectivity index (χ4v) is 1.74. The maximum Gasteiger partial charge on any atom is 0.230 e. The van der Waals surface area contributed by atoms with Crippen LogP contribution in [0.4, 0.5) is 0 Å². The number of carbonyl (C=O) groups excluding carboxylic acids is 1. The summed E-state index contributed by atoms with van der Waals surface area (Å²) in [6, 6.07) is 0.219. The van der Waals surface area contributed by atoms with E-state index in [4.69, 9.17) is 10.5 Å². The molecule has 0 heterocycles. The van der Waals surface area contributed by atoms with Crippen LogP contribution in [0.15, 0.2) is 0 Å². The highest BCUT2D eigenvalue weighted by Crippen LogP contribution is 2.46. The number of nitrogens with zero attached hydrogens (tertiary/aromatic N) is 1. The first kappa shape index (κ1) is 12.5. The molecule has 15 heavy (non-hydrogen) atoms. The van der Waals surface area contributed by atoms with Gasteiger partial charge in [-0.05, 0) is 26.7 Å². The number of ether oxygens (including phenoxy) is 1. The molecule has 4 heteroatoms. The van der Waals surface area contributed by atoms with E-state index in [1.165, 1.54) is 0 Å². The van der Waals surface area contributed by atoms with Gasteiger partial charge < -0.3 is 15.4 Å². The number of carbonyl (C=O) groups is 1. The minimum atomic E-state index is -0.238. The Labute approximate surface area is 91.8 Å². The summed E-state index contributed by atoms with van der Waals surface area (Å²) in [6.45, 7) is 5.78. The lowest BCUT2D eigenvalue weighted by Crippen LogP contribution is -2.45. The summed E-state index contributed by atoms with van der Waals surface area (Å²) in [6.07, 6.45) is 1.89. The molecule has 1 aliphatic carbocycles. The fraction of sp³-hybridized carbons (Fsp3) is 0.909. The highest BCUT2D eigenvalue weighted by atomic mass is 16.5. The maximum absolute atomic E-state index is 12.2. The molecule has 1 rings (SSSR count). The average Bonchev–Trinajstić information content (AvgIpc) is 2.98. The molecular formula is C11H22N2O2. The van der Waals surface area contributed by atoms with E-state index in [2.05, 4.69) is 0 Å². The molecule has 0 spiro atoms. The molecule has 0 aromatic rings. The molecule has 0 aromatic heterocycles. The number of hydrogen-bond acceptors (Lipinski definition) is 3. The van der Waals surface area contributed by atoms with Crippen molar-refractivity contribution in [3.8, 4) is 0 Å². The van der Waals surface area contributed by atoms with Gasteiger partial charge in [-0.3, -0.25) is 4.79 Å². The molecule has 0 saturated heterocycles. The van der Waals surface area contributed by atoms with Crippen molar-refractivity contribution in [2.24, 2.45) is 11.1 Å². The van der Waals surface area contributed by atoms with Gasteiger partial charge in [0, 0.05) is 26.2 Å².